The highest BCUT2D eigenvalue weighted by Gasteiger charge is 2.08. The Morgan fingerprint density at radius 3 is 2.48 bits per heavy atom. The molecule has 2 N–H and O–H groups in total. The molecule has 2 rings (SSSR count). The van der Waals surface area contributed by atoms with Crippen molar-refractivity contribution in [3.63, 3.8) is 0 Å². The van der Waals surface area contributed by atoms with E-state index in [1.807, 2.05) is 0 Å². The van der Waals surface area contributed by atoms with E-state index in [4.69, 9.17) is 4.74 Å². The molecule has 0 saturated heterocycles. The Balaban J connectivity index is 1.70. The molecule has 0 aliphatic heterocycles. The quantitative estimate of drug-likeness (QED) is 0.423. The Morgan fingerprint density at radius 2 is 1.74 bits per heavy atom. The lowest BCUT2D eigenvalue weighted by atomic mass is 10.1. The van der Waals surface area contributed by atoms with Crippen LogP contribution in [-0.2, 0) is 16.0 Å². The highest BCUT2D eigenvalue weighted by Crippen LogP contribution is 2.13. The van der Waals surface area contributed by atoms with E-state index in [-0.39, 0.29) is 42.9 Å². The predicted molar refractivity (Wildman–Crippen MR) is 97.8 cm³/mol. The van der Waals surface area contributed by atoms with Gasteiger partial charge in [0.05, 0.1) is 0 Å². The monoisotopic (exact) mass is 372 g/mol. The third-order valence-corrected chi connectivity index (χ3v) is 3.67. The molecule has 0 atom stereocenters. The first kappa shape index (κ1) is 20.1. The largest absolute Gasteiger partial charge is 0.427 e. The van der Waals surface area contributed by atoms with Crippen molar-refractivity contribution in [1.82, 2.24) is 10.6 Å². The number of hydrogen-bond acceptors (Lipinski definition) is 4. The van der Waals surface area contributed by atoms with Gasteiger partial charge in [0.2, 0.25) is 5.91 Å². The SMILES string of the molecule is CC(=O)Oc1cccc(C(=O)NCCNC(=O)CCc2ccccc2F)c1. The molecule has 0 saturated carbocycles. The zero-order chi connectivity index (χ0) is 19.6. The molecule has 0 bridgehead atoms. The first-order valence-electron chi connectivity index (χ1n) is 8.52. The second kappa shape index (κ2) is 10.1. The van der Waals surface area contributed by atoms with Crippen LogP contribution in [0.15, 0.2) is 48.5 Å². The van der Waals surface area contributed by atoms with Gasteiger partial charge in [-0.25, -0.2) is 4.39 Å². The van der Waals surface area contributed by atoms with Gasteiger partial charge in [0.1, 0.15) is 11.6 Å². The second-order valence-corrected chi connectivity index (χ2v) is 5.82. The lowest BCUT2D eigenvalue weighted by molar-refractivity contribution is -0.131. The van der Waals surface area contributed by atoms with Gasteiger partial charge in [-0.2, -0.15) is 0 Å². The molecule has 6 nitrogen and oxygen atoms in total. The number of nitrogens with one attached hydrogen (secondary N) is 2. The third-order valence-electron chi connectivity index (χ3n) is 3.67. The van der Waals surface area contributed by atoms with Crippen molar-refractivity contribution in [3.8, 4) is 5.75 Å². The lowest BCUT2D eigenvalue weighted by Gasteiger charge is -2.08. The van der Waals surface area contributed by atoms with Gasteiger partial charge >= 0.3 is 5.97 Å². The number of esters is 1. The van der Waals surface area contributed by atoms with E-state index in [9.17, 15) is 18.8 Å². The van der Waals surface area contributed by atoms with Crippen molar-refractivity contribution < 1.29 is 23.5 Å². The van der Waals surface area contributed by atoms with E-state index < -0.39 is 5.97 Å². The van der Waals surface area contributed by atoms with E-state index in [0.29, 0.717) is 17.5 Å². The van der Waals surface area contributed by atoms with Gasteiger partial charge in [-0.05, 0) is 36.2 Å². The van der Waals surface area contributed by atoms with E-state index in [1.54, 1.807) is 36.4 Å². The minimum atomic E-state index is -0.467. The topological polar surface area (TPSA) is 84.5 Å². The number of carbonyl (C=O) groups excluding carboxylic acids is 3. The van der Waals surface area contributed by atoms with E-state index in [2.05, 4.69) is 10.6 Å². The predicted octanol–water partition coefficient (Wildman–Crippen LogP) is 2.23. The van der Waals surface area contributed by atoms with Crippen LogP contribution in [0.1, 0.15) is 29.3 Å². The third kappa shape index (κ3) is 6.89. The van der Waals surface area contributed by atoms with Crippen molar-refractivity contribution in [2.75, 3.05) is 13.1 Å². The summed E-state index contributed by atoms with van der Waals surface area (Å²) < 4.78 is 18.4. The van der Waals surface area contributed by atoms with Crippen molar-refractivity contribution in [1.29, 1.82) is 0 Å². The van der Waals surface area contributed by atoms with Crippen LogP contribution in [0.4, 0.5) is 4.39 Å². The molecule has 0 aromatic heterocycles. The molecule has 0 unspecified atom stereocenters. The van der Waals surface area contributed by atoms with E-state index in [0.717, 1.165) is 0 Å². The Kier molecular flexibility index (Phi) is 7.49. The molecule has 0 spiro atoms. The highest BCUT2D eigenvalue weighted by molar-refractivity contribution is 5.94. The van der Waals surface area contributed by atoms with Crippen LogP contribution >= 0.6 is 0 Å². The summed E-state index contributed by atoms with van der Waals surface area (Å²) in [6.07, 6.45) is 0.479. The number of halogens is 1. The number of carbonyl (C=O) groups is 3. The lowest BCUT2D eigenvalue weighted by Crippen LogP contribution is -2.34. The van der Waals surface area contributed by atoms with Crippen LogP contribution < -0.4 is 15.4 Å². The molecule has 7 heteroatoms. The van der Waals surface area contributed by atoms with Crippen LogP contribution in [0.2, 0.25) is 0 Å². The summed E-state index contributed by atoms with van der Waals surface area (Å²) in [4.78, 5) is 34.8. The minimum Gasteiger partial charge on any atom is -0.427 e. The van der Waals surface area contributed by atoms with Gasteiger partial charge < -0.3 is 15.4 Å². The highest BCUT2D eigenvalue weighted by atomic mass is 19.1. The van der Waals surface area contributed by atoms with E-state index >= 15 is 0 Å². The molecular formula is C20H21FN2O4. The summed E-state index contributed by atoms with van der Waals surface area (Å²) in [5.41, 5.74) is 0.841. The number of benzene rings is 2. The minimum absolute atomic E-state index is 0.166. The van der Waals surface area contributed by atoms with Crippen LogP contribution in [-0.4, -0.2) is 30.9 Å². The maximum absolute atomic E-state index is 13.5. The fraction of sp³-hybridized carbons (Fsp3) is 0.250. The standard InChI is InChI=1S/C20H21FN2O4/c1-14(24)27-17-7-4-6-16(13-17)20(26)23-12-11-22-19(25)10-9-15-5-2-3-8-18(15)21/h2-8,13H,9-12H2,1H3,(H,22,25)(H,23,26). The van der Waals surface area contributed by atoms with E-state index in [1.165, 1.54) is 19.1 Å². The Labute approximate surface area is 156 Å². The van der Waals surface area contributed by atoms with Crippen LogP contribution in [0, 0.1) is 5.82 Å². The second-order valence-electron chi connectivity index (χ2n) is 5.82. The average Bonchev–Trinajstić information content (AvgIpc) is 2.64. The van der Waals surface area contributed by atoms with Crippen LogP contribution in [0.25, 0.3) is 0 Å². The number of rotatable bonds is 8. The zero-order valence-corrected chi connectivity index (χ0v) is 15.0. The molecule has 27 heavy (non-hydrogen) atoms. The summed E-state index contributed by atoms with van der Waals surface area (Å²) >= 11 is 0. The fourth-order valence-corrected chi connectivity index (χ4v) is 2.38. The zero-order valence-electron chi connectivity index (χ0n) is 15.0. The summed E-state index contributed by atoms with van der Waals surface area (Å²) in [6, 6.07) is 12.6. The van der Waals surface area contributed by atoms with Gasteiger partial charge in [0, 0.05) is 32.0 Å². The van der Waals surface area contributed by atoms with Gasteiger partial charge in [0.25, 0.3) is 5.91 Å². The number of amides is 2. The van der Waals surface area contributed by atoms with Gasteiger partial charge in [-0.3, -0.25) is 14.4 Å². The summed E-state index contributed by atoms with van der Waals surface area (Å²) in [7, 11) is 0. The molecular weight excluding hydrogens is 351 g/mol. The number of aryl methyl sites for hydroxylation is 1. The van der Waals surface area contributed by atoms with Crippen LogP contribution in [0.3, 0.4) is 0 Å². The summed E-state index contributed by atoms with van der Waals surface area (Å²) in [6.45, 7) is 1.77. The summed E-state index contributed by atoms with van der Waals surface area (Å²) in [5, 5.41) is 5.33. The smallest absolute Gasteiger partial charge is 0.308 e. The number of hydrogen-bond donors (Lipinski definition) is 2. The van der Waals surface area contributed by atoms with Crippen molar-refractivity contribution in [2.45, 2.75) is 19.8 Å². The van der Waals surface area contributed by atoms with Gasteiger partial charge in [-0.15, -0.1) is 0 Å². The normalized spacial score (nSPS) is 10.1. The first-order valence-corrected chi connectivity index (χ1v) is 8.52. The molecule has 0 radical (unpaired) electrons. The molecule has 142 valence electrons. The molecule has 0 heterocycles. The van der Waals surface area contributed by atoms with Crippen LogP contribution in [0.5, 0.6) is 5.75 Å². The average molecular weight is 372 g/mol. The van der Waals surface area contributed by atoms with Gasteiger partial charge in [0.15, 0.2) is 0 Å². The first-order chi connectivity index (χ1) is 13.0. The van der Waals surface area contributed by atoms with Crippen molar-refractivity contribution >= 4 is 17.8 Å². The maximum atomic E-state index is 13.5. The van der Waals surface area contributed by atoms with Gasteiger partial charge in [-0.1, -0.05) is 24.3 Å². The maximum Gasteiger partial charge on any atom is 0.308 e. The fourth-order valence-electron chi connectivity index (χ4n) is 2.38. The molecule has 0 aliphatic rings. The molecule has 2 amide bonds. The molecule has 2 aromatic rings. The van der Waals surface area contributed by atoms with Crippen molar-refractivity contribution in [2.24, 2.45) is 0 Å². The molecule has 2 aromatic carbocycles. The summed E-state index contributed by atoms with van der Waals surface area (Å²) in [5.74, 6) is -1.07. The molecule has 0 fully saturated rings. The number of ether oxygens (including phenoxy) is 1. The van der Waals surface area contributed by atoms with Crippen molar-refractivity contribution in [3.05, 3.63) is 65.5 Å². The Bertz CT molecular complexity index is 823. The Morgan fingerprint density at radius 1 is 1.00 bits per heavy atom. The Hall–Kier alpha value is -3.22. The molecule has 0 aliphatic carbocycles.